The minimum Gasteiger partial charge on any atom is -0.445 e. The Morgan fingerprint density at radius 3 is 1.81 bits per heavy atom. The molecule has 12 amide bonds. The van der Waals surface area contributed by atoms with Crippen molar-refractivity contribution in [3.05, 3.63) is 131 Å². The number of hydrazine groups is 1. The quantitative estimate of drug-likeness (QED) is 0.00977. The second kappa shape index (κ2) is 59.4. The van der Waals surface area contributed by atoms with E-state index in [4.69, 9.17) is 44.7 Å². The first-order valence-corrected chi connectivity index (χ1v) is 49.1. The molecular formula is C98H149N15O24S. The number of carbonyl (C=O) groups is 13. The van der Waals surface area contributed by atoms with Crippen molar-refractivity contribution in [1.29, 1.82) is 0 Å². The number of likely N-dealkylation sites (tertiary alicyclic amines) is 1. The summed E-state index contributed by atoms with van der Waals surface area (Å²) in [6, 6.07) is 24.2. The van der Waals surface area contributed by atoms with E-state index >= 15 is 4.79 Å². The second-order valence-corrected chi connectivity index (χ2v) is 37.5. The van der Waals surface area contributed by atoms with Gasteiger partial charge >= 0.3 is 12.1 Å². The van der Waals surface area contributed by atoms with Gasteiger partial charge in [0, 0.05) is 129 Å². The number of hydrogen-bond donors (Lipinski definition) is 13. The lowest BCUT2D eigenvalue weighted by Crippen LogP contribution is -2.55. The van der Waals surface area contributed by atoms with Gasteiger partial charge in [0.25, 0.3) is 10.1 Å². The molecule has 2 aliphatic heterocycles. The van der Waals surface area contributed by atoms with E-state index < -0.39 is 161 Å². The van der Waals surface area contributed by atoms with E-state index in [1.807, 2.05) is 94.4 Å². The molecular weight excluding hydrogens is 1800 g/mol. The van der Waals surface area contributed by atoms with Crippen LogP contribution in [-0.2, 0) is 109 Å². The Bertz CT molecular complexity index is 4760. The van der Waals surface area contributed by atoms with Crippen LogP contribution in [0.3, 0.4) is 0 Å². The van der Waals surface area contributed by atoms with Crippen molar-refractivity contribution in [1.82, 2.24) is 57.3 Å². The molecule has 0 unspecified atom stereocenters. The average molecular weight is 1950 g/mol. The number of urea groups is 1. The van der Waals surface area contributed by atoms with Crippen LogP contribution in [0.4, 0.5) is 21.0 Å². The van der Waals surface area contributed by atoms with Crippen molar-refractivity contribution in [2.75, 3.05) is 130 Å². The molecule has 15 N–H and O–H groups in total. The minimum absolute atomic E-state index is 0.0407. The van der Waals surface area contributed by atoms with Crippen molar-refractivity contribution in [3.63, 3.8) is 0 Å². The molecule has 0 aliphatic carbocycles. The van der Waals surface area contributed by atoms with Crippen LogP contribution in [0.15, 0.2) is 103 Å². The highest BCUT2D eigenvalue weighted by Crippen LogP contribution is 2.37. The van der Waals surface area contributed by atoms with E-state index in [-0.39, 0.29) is 183 Å². The standard InChI is InChI=1S/C98H149N15O24S/c1-16-64(8)90(80(131-14)58-85(120)112-46-25-33-77(112)92(132-15)65(9)93(122)105-66(10)91(121)68-26-18-17-19-27-68)110(12)96(125)74(61(2)3)57-79(115)89(63(6)7)111(13)98(127)137-60-67-34-36-71(37-35-67)106-94(123)69(29-24-43-104-97(99)126)56-78(114)86(62(4)5)108-95(124)75(38-39-81(116)103-45-55-138(128,129)130)107-83(118)42-47-133-49-51-135-53-54-136-52-50-134-48-44-102-82(117)40-41-84(119)113-59-70-28-20-21-30-72(70)87(101-11)88(109-100)73-31-22-23-32-76(73)113/h17-23,26-28,30-32,34-37,61-66,69,74-75,77,80,86,89-92,101,109,121H,16,24-25,29,33,38-60,100H2,1-15H3,(H,102,117)(H,103,116)(H,105,122)(H,106,123)(H,107,118)(H,108,124)(H3,99,104,126)(H,128,129,130)/b88-87-/t64-,65+,66+,69+,74-,75+,77-,80+,86-,89-,90-,91+,92+/m0/s1. The number of amides is 12. The number of ketones is 2. The Morgan fingerprint density at radius 2 is 1.21 bits per heavy atom. The fourth-order valence-electron chi connectivity index (χ4n) is 17.2. The molecule has 13 atom stereocenters. The minimum atomic E-state index is -4.44. The number of ether oxygens (including phenoxy) is 7. The Hall–Kier alpha value is -11.1. The number of aliphatic hydroxyl groups excluding tert-OH is 1. The van der Waals surface area contributed by atoms with Gasteiger partial charge in [-0.15, -0.1) is 0 Å². The number of nitrogens with zero attached hydrogens (tertiary/aromatic N) is 4. The predicted molar refractivity (Wildman–Crippen MR) is 519 cm³/mol. The first-order valence-electron chi connectivity index (χ1n) is 47.5. The molecule has 4 aromatic carbocycles. The van der Waals surface area contributed by atoms with Gasteiger partial charge in [0.1, 0.15) is 12.6 Å². The van der Waals surface area contributed by atoms with Gasteiger partial charge < -0.3 is 112 Å². The number of carbonyl (C=O) groups excluding carboxylic acids is 13. The molecule has 0 aromatic heterocycles. The fraction of sp³-hybridized carbons (Fsp3) is 0.602. The van der Waals surface area contributed by atoms with Gasteiger partial charge in [0.2, 0.25) is 53.2 Å². The molecule has 0 saturated carbocycles. The Balaban J connectivity index is 0.964. The third-order valence-corrected chi connectivity index (χ3v) is 25.7. The summed E-state index contributed by atoms with van der Waals surface area (Å²) in [5.41, 5.74) is 14.1. The van der Waals surface area contributed by atoms with Crippen LogP contribution in [0.2, 0.25) is 0 Å². The van der Waals surface area contributed by atoms with Gasteiger partial charge in [-0.25, -0.2) is 9.59 Å². The third kappa shape index (κ3) is 36.9. The zero-order chi connectivity index (χ0) is 102. The van der Waals surface area contributed by atoms with E-state index in [2.05, 4.69) is 48.0 Å². The average Bonchev–Trinajstić information content (AvgIpc) is 0.824. The smallest absolute Gasteiger partial charge is 0.410 e. The Kier molecular flexibility index (Phi) is 49.8. The molecule has 0 spiro atoms. The van der Waals surface area contributed by atoms with Crippen LogP contribution in [0.1, 0.15) is 187 Å². The van der Waals surface area contributed by atoms with Crippen LogP contribution < -0.4 is 64.4 Å². The van der Waals surface area contributed by atoms with Gasteiger partial charge in [-0.05, 0) is 97.6 Å². The molecule has 1 saturated heterocycles. The SMILES string of the molecule is CC[C@H](C)[C@@H]([C@@H](CC(=O)N1CCC[C@H]1[C@H](OC)[C@@H](C)C(=O)N[C@H](C)[C@@H](O)c1ccccc1)OC)N(C)C(=O)[C@@H](CC(=O)[C@H](C(C)C)N(C)C(=O)OCc1ccc(NC(=O)[C@H](CCCNC(N)=O)CC(=O)[C@@H](NC(=O)[C@@H](CCC(=O)NCCS(=O)(=O)O)NC(=O)CCOCCOCCOCCOCCNC(=O)CCC(=O)N2Cc3ccccc3/C(NC)=C(/NN)c3ccccc32)C(C)C)cc1)C(C)C. The summed E-state index contributed by atoms with van der Waals surface area (Å²) in [5.74, 6) is -4.27. The number of nitrogens with two attached hydrogens (primary N) is 2. The van der Waals surface area contributed by atoms with Crippen molar-refractivity contribution in [2.45, 2.75) is 220 Å². The molecule has 40 heteroatoms. The molecule has 1 fully saturated rings. The summed E-state index contributed by atoms with van der Waals surface area (Å²) in [4.78, 5) is 186. The molecule has 6 rings (SSSR count). The normalized spacial score (nSPS) is 16.3. The highest BCUT2D eigenvalue weighted by Gasteiger charge is 2.45. The maximum absolute atomic E-state index is 15.0. The molecule has 0 radical (unpaired) electrons. The summed E-state index contributed by atoms with van der Waals surface area (Å²) in [5, 5.41) is 32.9. The molecule has 2 heterocycles. The van der Waals surface area contributed by atoms with Gasteiger partial charge in [-0.1, -0.05) is 154 Å². The molecule has 0 bridgehead atoms. The lowest BCUT2D eigenvalue weighted by molar-refractivity contribution is -0.149. The monoisotopic (exact) mass is 1950 g/mol. The Morgan fingerprint density at radius 1 is 0.594 bits per heavy atom. The summed E-state index contributed by atoms with van der Waals surface area (Å²) in [6.07, 6.45) is -3.06. The second-order valence-electron chi connectivity index (χ2n) is 36.0. The van der Waals surface area contributed by atoms with Gasteiger partial charge in [0.15, 0.2) is 11.6 Å². The van der Waals surface area contributed by atoms with E-state index in [0.717, 1.165) is 22.4 Å². The topological polar surface area (TPSA) is 534 Å². The maximum atomic E-state index is 15.0. The van der Waals surface area contributed by atoms with Crippen molar-refractivity contribution < 1.29 is 114 Å². The van der Waals surface area contributed by atoms with Crippen molar-refractivity contribution in [3.8, 4) is 0 Å². The van der Waals surface area contributed by atoms with Crippen LogP contribution in [0.25, 0.3) is 11.4 Å². The van der Waals surface area contributed by atoms with Crippen molar-refractivity contribution >= 4 is 110 Å². The van der Waals surface area contributed by atoms with E-state index in [1.165, 1.54) is 26.2 Å². The number of likely N-dealkylation sites (N-methyl/N-ethyl adjacent to an activating group) is 2. The predicted octanol–water partition coefficient (Wildman–Crippen LogP) is 6.45. The van der Waals surface area contributed by atoms with Crippen LogP contribution in [0.5, 0.6) is 0 Å². The van der Waals surface area contributed by atoms with Crippen LogP contribution >= 0.6 is 0 Å². The first-order chi connectivity index (χ1) is 65.7. The van der Waals surface area contributed by atoms with Gasteiger partial charge in [-0.3, -0.25) is 63.1 Å². The number of fused-ring (bicyclic) bond motifs is 2. The van der Waals surface area contributed by atoms with Crippen molar-refractivity contribution in [2.24, 2.45) is 53.0 Å². The maximum Gasteiger partial charge on any atom is 0.410 e. The number of benzene rings is 4. The number of hydrogen-bond acceptors (Lipinski definition) is 26. The highest BCUT2D eigenvalue weighted by atomic mass is 32.2. The first kappa shape index (κ1) is 116. The zero-order valence-electron chi connectivity index (χ0n) is 82.6. The highest BCUT2D eigenvalue weighted by molar-refractivity contribution is 7.85. The zero-order valence-corrected chi connectivity index (χ0v) is 83.4. The summed E-state index contributed by atoms with van der Waals surface area (Å²) in [6.45, 7) is 19.3. The van der Waals surface area contributed by atoms with Gasteiger partial charge in [-0.2, -0.15) is 8.42 Å². The summed E-state index contributed by atoms with van der Waals surface area (Å²) in [7, 11) is 3.47. The van der Waals surface area contributed by atoms with Crippen LogP contribution in [-0.4, -0.2) is 278 Å². The molecule has 138 heavy (non-hydrogen) atoms. The van der Waals surface area contributed by atoms with E-state index in [1.54, 1.807) is 107 Å². The third-order valence-electron chi connectivity index (χ3n) is 24.9. The molecule has 2 aliphatic rings. The molecule has 766 valence electrons. The van der Waals surface area contributed by atoms with Crippen LogP contribution in [0, 0.1) is 41.4 Å². The number of methoxy groups -OCH3 is 2. The lowest BCUT2D eigenvalue weighted by atomic mass is 9.83. The molecule has 39 nitrogen and oxygen atoms in total. The van der Waals surface area contributed by atoms with E-state index in [0.29, 0.717) is 48.3 Å². The number of Topliss-reactive ketones (excluding diaryl/α,β-unsaturated/α-hetero) is 2. The number of nitrogens with one attached hydrogen (secondary N) is 9. The largest absolute Gasteiger partial charge is 0.445 e. The number of primary amides is 1. The lowest BCUT2D eigenvalue weighted by Gasteiger charge is -2.41. The van der Waals surface area contributed by atoms with E-state index in [9.17, 15) is 75.6 Å². The Labute approximate surface area is 811 Å². The fourth-order valence-corrected chi connectivity index (χ4v) is 17.5. The molecule has 4 aromatic rings. The summed E-state index contributed by atoms with van der Waals surface area (Å²) >= 11 is 0. The summed E-state index contributed by atoms with van der Waals surface area (Å²) < 4.78 is 72.3. The van der Waals surface area contributed by atoms with Gasteiger partial charge in [0.05, 0.1) is 143 Å². The number of para-hydroxylation sites is 1. The number of anilines is 2. The number of rotatable bonds is 62. The number of aliphatic hydroxyl groups is 1.